The molecule has 0 aliphatic carbocycles. The van der Waals surface area contributed by atoms with Crippen molar-refractivity contribution in [2.24, 2.45) is 0 Å². The molecule has 0 heterocycles. The molecule has 5 atom stereocenters. The van der Waals surface area contributed by atoms with E-state index in [0.29, 0.717) is 32.1 Å². The standard InChI is InChI=1S/C81H138O17P2/c1-5-9-13-17-21-25-29-32-35-36-37-38-41-43-47-50-54-58-62-66-79(84)92-72-77(98-81(86)68-64-60-56-52-48-44-40-34-31-27-23-19-15-11-7-3)74-96-100(89,90)94-70-75(82)69-93-99(87,88)95-73-76(97-80(85)67-63-59-55-51-45-28-24-20-16-12-8-4)71-91-78(83)65-61-57-53-49-46-42-39-33-30-26-22-18-14-10-6-2/h9,13,20-21,23-25,27,32-35,37-40,43,47,54,58,75-77,82H,5-8,10-12,14-19,22,26,28-31,36,41-42,44-46,48-53,55-57,59-74H2,1-4H3,(H,87,88)(H,89,90)/b13-9-,24-20-,25-21-,27-23-,35-32-,38-37-,39-33-,40-34-,47-43-,58-54-. The highest BCUT2D eigenvalue weighted by Gasteiger charge is 2.30. The van der Waals surface area contributed by atoms with E-state index in [9.17, 15) is 43.2 Å². The van der Waals surface area contributed by atoms with Gasteiger partial charge in [0, 0.05) is 25.7 Å². The summed E-state index contributed by atoms with van der Waals surface area (Å²) < 4.78 is 68.4. The van der Waals surface area contributed by atoms with Gasteiger partial charge < -0.3 is 33.8 Å². The van der Waals surface area contributed by atoms with Gasteiger partial charge in [-0.15, -0.1) is 0 Å². The maximum absolute atomic E-state index is 13.1. The van der Waals surface area contributed by atoms with Crippen molar-refractivity contribution in [1.82, 2.24) is 0 Å². The quantitative estimate of drug-likeness (QED) is 0.0169. The average molecular weight is 1450 g/mol. The number of allylic oxidation sites excluding steroid dienone is 20. The molecule has 0 saturated carbocycles. The van der Waals surface area contributed by atoms with Gasteiger partial charge in [0.2, 0.25) is 0 Å². The second-order valence-corrected chi connectivity index (χ2v) is 28.5. The van der Waals surface area contributed by atoms with Gasteiger partial charge in [-0.05, 0) is 141 Å². The van der Waals surface area contributed by atoms with Crippen LogP contribution in [0.25, 0.3) is 0 Å². The first-order valence-electron chi connectivity index (χ1n) is 38.8. The number of hydrogen-bond donors (Lipinski definition) is 3. The van der Waals surface area contributed by atoms with Crippen LogP contribution >= 0.6 is 15.6 Å². The number of aliphatic hydroxyl groups is 1. The summed E-state index contributed by atoms with van der Waals surface area (Å²) in [4.78, 5) is 72.8. The first kappa shape index (κ1) is 95.5. The van der Waals surface area contributed by atoms with Crippen molar-refractivity contribution in [2.45, 2.75) is 329 Å². The molecule has 0 radical (unpaired) electrons. The maximum atomic E-state index is 13.1. The van der Waals surface area contributed by atoms with Crippen molar-refractivity contribution in [3.63, 3.8) is 0 Å². The van der Waals surface area contributed by atoms with Gasteiger partial charge in [0.1, 0.15) is 19.3 Å². The van der Waals surface area contributed by atoms with Gasteiger partial charge in [-0.3, -0.25) is 37.3 Å². The molecule has 3 N–H and O–H groups in total. The van der Waals surface area contributed by atoms with Crippen molar-refractivity contribution < 1.29 is 80.2 Å². The average Bonchev–Trinajstić information content (AvgIpc) is 0.985. The van der Waals surface area contributed by atoms with Crippen molar-refractivity contribution in [2.75, 3.05) is 39.6 Å². The third kappa shape index (κ3) is 71.8. The smallest absolute Gasteiger partial charge is 0.462 e. The van der Waals surface area contributed by atoms with E-state index in [2.05, 4.69) is 131 Å². The molecule has 0 aromatic carbocycles. The number of hydrogen-bond acceptors (Lipinski definition) is 15. The minimum absolute atomic E-state index is 0.0308. The van der Waals surface area contributed by atoms with Crippen LogP contribution in [0.15, 0.2) is 122 Å². The second-order valence-electron chi connectivity index (χ2n) is 25.6. The summed E-state index contributed by atoms with van der Waals surface area (Å²) in [5, 5.41) is 10.6. The Balaban J connectivity index is 5.41. The Bertz CT molecular complexity index is 2370. The highest BCUT2D eigenvalue weighted by Crippen LogP contribution is 2.45. The van der Waals surface area contributed by atoms with Gasteiger partial charge in [0.15, 0.2) is 12.2 Å². The number of unbranched alkanes of at least 4 members (excludes halogenated alkanes) is 26. The van der Waals surface area contributed by atoms with E-state index in [1.807, 2.05) is 18.2 Å². The lowest BCUT2D eigenvalue weighted by atomic mass is 10.1. The molecule has 0 aliphatic rings. The topological polar surface area (TPSA) is 237 Å². The number of carbonyl (C=O) groups is 4. The number of aliphatic hydroxyl groups excluding tert-OH is 1. The van der Waals surface area contributed by atoms with Gasteiger partial charge in [-0.2, -0.15) is 0 Å². The summed E-state index contributed by atoms with van der Waals surface area (Å²) in [5.41, 5.74) is 0. The maximum Gasteiger partial charge on any atom is 0.472 e. The van der Waals surface area contributed by atoms with Gasteiger partial charge in [-0.1, -0.05) is 265 Å². The monoisotopic (exact) mass is 1440 g/mol. The lowest BCUT2D eigenvalue weighted by Gasteiger charge is -2.21. The molecule has 0 rings (SSSR count). The number of phosphoric ester groups is 2. The molecule has 0 aliphatic heterocycles. The highest BCUT2D eigenvalue weighted by molar-refractivity contribution is 7.47. The second kappa shape index (κ2) is 72.8. The molecule has 0 spiro atoms. The molecule has 0 saturated heterocycles. The molecule has 0 fully saturated rings. The molecule has 19 heteroatoms. The van der Waals surface area contributed by atoms with Crippen molar-refractivity contribution in [3.8, 4) is 0 Å². The molecule has 5 unspecified atom stereocenters. The Morgan fingerprint density at radius 1 is 0.290 bits per heavy atom. The zero-order valence-electron chi connectivity index (χ0n) is 62.6. The molecule has 0 amide bonds. The van der Waals surface area contributed by atoms with Crippen LogP contribution in [0.4, 0.5) is 0 Å². The predicted octanol–water partition coefficient (Wildman–Crippen LogP) is 22.3. The van der Waals surface area contributed by atoms with Crippen LogP contribution in [-0.2, 0) is 65.4 Å². The summed E-state index contributed by atoms with van der Waals surface area (Å²) in [6, 6.07) is 0. The van der Waals surface area contributed by atoms with E-state index in [0.717, 1.165) is 154 Å². The zero-order chi connectivity index (χ0) is 73.2. The van der Waals surface area contributed by atoms with Gasteiger partial charge in [0.05, 0.1) is 26.4 Å². The zero-order valence-corrected chi connectivity index (χ0v) is 64.4. The SMILES string of the molecule is CC/C=C\C/C=C\C/C=C\C/C=C\C/C=C\C/C=C\CCC(=O)OCC(COP(=O)(O)OCC(O)COP(=O)(O)OCC(COC(=O)CCCCCCC/C=C\CCCCCCCC)OC(=O)CCCCCCC/C=C\CCCC)OC(=O)CCCCCCC/C=C\C/C=C\CCCCC. The van der Waals surface area contributed by atoms with Crippen LogP contribution in [0.5, 0.6) is 0 Å². The Hall–Kier alpha value is -4.54. The van der Waals surface area contributed by atoms with Crippen LogP contribution in [0.3, 0.4) is 0 Å². The van der Waals surface area contributed by atoms with Crippen LogP contribution in [0, 0.1) is 0 Å². The summed E-state index contributed by atoms with van der Waals surface area (Å²) in [6.45, 7) is 4.57. The van der Waals surface area contributed by atoms with Gasteiger partial charge in [0.25, 0.3) is 0 Å². The van der Waals surface area contributed by atoms with Crippen LogP contribution in [0.1, 0.15) is 310 Å². The number of carbonyl (C=O) groups excluding carboxylic acids is 4. The molecule has 0 aromatic rings. The van der Waals surface area contributed by atoms with Crippen LogP contribution < -0.4 is 0 Å². The van der Waals surface area contributed by atoms with E-state index in [-0.39, 0.29) is 25.7 Å². The number of ether oxygens (including phenoxy) is 4. The first-order chi connectivity index (χ1) is 48.7. The third-order valence-corrected chi connectivity index (χ3v) is 17.8. The van der Waals surface area contributed by atoms with E-state index in [4.69, 9.17) is 37.0 Å². The van der Waals surface area contributed by atoms with E-state index >= 15 is 0 Å². The predicted molar refractivity (Wildman–Crippen MR) is 408 cm³/mol. The summed E-state index contributed by atoms with van der Waals surface area (Å²) in [5.74, 6) is -2.30. The van der Waals surface area contributed by atoms with E-state index in [1.54, 1.807) is 0 Å². The Morgan fingerprint density at radius 2 is 0.550 bits per heavy atom. The molecule has 0 aromatic heterocycles. The fraction of sp³-hybridized carbons (Fsp3) is 0.704. The Kier molecular flexibility index (Phi) is 69.5. The Labute approximate surface area is 606 Å². The van der Waals surface area contributed by atoms with Crippen molar-refractivity contribution in [3.05, 3.63) is 122 Å². The molecule has 17 nitrogen and oxygen atoms in total. The number of esters is 4. The largest absolute Gasteiger partial charge is 0.472 e. The van der Waals surface area contributed by atoms with Gasteiger partial charge in [-0.25, -0.2) is 9.13 Å². The van der Waals surface area contributed by atoms with E-state index in [1.165, 1.54) is 70.6 Å². The first-order valence-corrected chi connectivity index (χ1v) is 41.8. The summed E-state index contributed by atoms with van der Waals surface area (Å²) in [7, 11) is -9.98. The fourth-order valence-electron chi connectivity index (χ4n) is 9.96. The highest BCUT2D eigenvalue weighted by atomic mass is 31.2. The molecule has 0 bridgehead atoms. The minimum Gasteiger partial charge on any atom is -0.462 e. The van der Waals surface area contributed by atoms with E-state index < -0.39 is 97.5 Å². The lowest BCUT2D eigenvalue weighted by molar-refractivity contribution is -0.161. The number of rotatable bonds is 72. The minimum atomic E-state index is -5.00. The summed E-state index contributed by atoms with van der Waals surface area (Å²) in [6.07, 6.45) is 79.2. The third-order valence-electron chi connectivity index (χ3n) is 15.9. The molecular weight excluding hydrogens is 1310 g/mol. The van der Waals surface area contributed by atoms with Crippen LogP contribution in [0.2, 0.25) is 0 Å². The lowest BCUT2D eigenvalue weighted by Crippen LogP contribution is -2.30. The fourth-order valence-corrected chi connectivity index (χ4v) is 11.5. The molecule has 100 heavy (non-hydrogen) atoms. The molecular formula is C81H138O17P2. The van der Waals surface area contributed by atoms with Crippen molar-refractivity contribution >= 4 is 39.5 Å². The number of phosphoric acid groups is 2. The van der Waals surface area contributed by atoms with Crippen LogP contribution in [-0.4, -0.2) is 96.7 Å². The molecule has 574 valence electrons. The van der Waals surface area contributed by atoms with Gasteiger partial charge >= 0.3 is 39.5 Å². The van der Waals surface area contributed by atoms with Crippen molar-refractivity contribution in [1.29, 1.82) is 0 Å². The normalized spacial score (nSPS) is 14.6. The Morgan fingerprint density at radius 3 is 0.920 bits per heavy atom. The summed E-state index contributed by atoms with van der Waals surface area (Å²) >= 11 is 0.